The second-order valence-electron chi connectivity index (χ2n) is 4.38. The van der Waals surface area contributed by atoms with Gasteiger partial charge >= 0.3 is 5.97 Å². The van der Waals surface area contributed by atoms with Crippen molar-refractivity contribution in [2.24, 2.45) is 5.92 Å². The molecule has 0 bridgehead atoms. The summed E-state index contributed by atoms with van der Waals surface area (Å²) in [6.07, 6.45) is 0.337. The summed E-state index contributed by atoms with van der Waals surface area (Å²) >= 11 is 3.05. The van der Waals surface area contributed by atoms with Gasteiger partial charge in [-0.1, -0.05) is 0 Å². The van der Waals surface area contributed by atoms with Gasteiger partial charge < -0.3 is 20.3 Å². The summed E-state index contributed by atoms with van der Waals surface area (Å²) < 4.78 is 18.7. The molecule has 1 aromatic carbocycles. The number of hydrogen-bond donors (Lipinski definition) is 3. The lowest BCUT2D eigenvalue weighted by atomic mass is 9.99. The molecule has 2 atom stereocenters. The van der Waals surface area contributed by atoms with Crippen LogP contribution in [0.15, 0.2) is 10.5 Å². The standard InChI is InChI=1S/C12H13BrFNO4/c1-19-11-9(14)7(13)3-6(10(11)16)8-2-5(4-15-8)12(17)18/h3,5,8,15-16H,2,4H2,1H3,(H,17,18). The Balaban J connectivity index is 2.36. The molecule has 7 heteroatoms. The van der Waals surface area contributed by atoms with Crippen molar-refractivity contribution in [1.29, 1.82) is 0 Å². The second-order valence-corrected chi connectivity index (χ2v) is 5.23. The van der Waals surface area contributed by atoms with Crippen LogP contribution in [0, 0.1) is 11.7 Å². The maximum absolute atomic E-state index is 13.7. The van der Waals surface area contributed by atoms with Gasteiger partial charge in [0.05, 0.1) is 17.5 Å². The Labute approximate surface area is 117 Å². The predicted octanol–water partition coefficient (Wildman–Crippen LogP) is 2.04. The third-order valence-corrected chi connectivity index (χ3v) is 3.82. The zero-order chi connectivity index (χ0) is 14.2. The zero-order valence-electron chi connectivity index (χ0n) is 10.1. The van der Waals surface area contributed by atoms with Crippen LogP contribution in [0.4, 0.5) is 4.39 Å². The number of ether oxygens (including phenoxy) is 1. The molecular formula is C12H13BrFNO4. The highest BCUT2D eigenvalue weighted by Gasteiger charge is 2.33. The molecule has 0 aliphatic carbocycles. The summed E-state index contributed by atoms with van der Waals surface area (Å²) in [6.45, 7) is 0.316. The Bertz CT molecular complexity index is 523. The molecule has 0 aromatic heterocycles. The van der Waals surface area contributed by atoms with Gasteiger partial charge in [0.1, 0.15) is 0 Å². The first kappa shape index (κ1) is 14.1. The van der Waals surface area contributed by atoms with Crippen molar-refractivity contribution >= 4 is 21.9 Å². The summed E-state index contributed by atoms with van der Waals surface area (Å²) in [7, 11) is 1.26. The topological polar surface area (TPSA) is 78.8 Å². The molecule has 5 nitrogen and oxygen atoms in total. The van der Waals surface area contributed by atoms with E-state index in [4.69, 9.17) is 9.84 Å². The first-order valence-corrected chi connectivity index (χ1v) is 6.46. The van der Waals surface area contributed by atoms with Crippen molar-refractivity contribution in [3.63, 3.8) is 0 Å². The quantitative estimate of drug-likeness (QED) is 0.788. The van der Waals surface area contributed by atoms with Gasteiger partial charge in [0, 0.05) is 18.2 Å². The van der Waals surface area contributed by atoms with Crippen LogP contribution in [0.2, 0.25) is 0 Å². The largest absolute Gasteiger partial charge is 0.504 e. The van der Waals surface area contributed by atoms with Crippen molar-refractivity contribution < 1.29 is 24.1 Å². The molecule has 19 heavy (non-hydrogen) atoms. The maximum Gasteiger partial charge on any atom is 0.307 e. The van der Waals surface area contributed by atoms with E-state index in [9.17, 15) is 14.3 Å². The minimum absolute atomic E-state index is 0.165. The number of rotatable bonds is 3. The number of phenolic OH excluding ortho intramolecular Hbond substituents is 1. The highest BCUT2D eigenvalue weighted by atomic mass is 79.9. The first-order valence-electron chi connectivity index (χ1n) is 5.66. The Morgan fingerprint density at radius 1 is 1.63 bits per heavy atom. The number of halogens is 2. The molecule has 0 radical (unpaired) electrons. The smallest absolute Gasteiger partial charge is 0.307 e. The van der Waals surface area contributed by atoms with Crippen LogP contribution in [0.1, 0.15) is 18.0 Å². The van der Waals surface area contributed by atoms with Gasteiger partial charge in [-0.2, -0.15) is 0 Å². The number of carbonyl (C=O) groups is 1. The van der Waals surface area contributed by atoms with Crippen LogP contribution >= 0.6 is 15.9 Å². The van der Waals surface area contributed by atoms with Gasteiger partial charge in [0.15, 0.2) is 17.3 Å². The molecule has 2 rings (SSSR count). The van der Waals surface area contributed by atoms with E-state index in [1.807, 2.05) is 0 Å². The van der Waals surface area contributed by atoms with Crippen molar-refractivity contribution in [1.82, 2.24) is 5.32 Å². The van der Waals surface area contributed by atoms with Crippen molar-refractivity contribution in [3.05, 3.63) is 21.9 Å². The molecule has 2 unspecified atom stereocenters. The highest BCUT2D eigenvalue weighted by molar-refractivity contribution is 9.10. The number of methoxy groups -OCH3 is 1. The van der Waals surface area contributed by atoms with Crippen LogP contribution in [0.25, 0.3) is 0 Å². The minimum Gasteiger partial charge on any atom is -0.504 e. The maximum atomic E-state index is 13.7. The Hall–Kier alpha value is -1.34. The number of phenols is 1. The summed E-state index contributed by atoms with van der Waals surface area (Å²) in [4.78, 5) is 10.9. The zero-order valence-corrected chi connectivity index (χ0v) is 11.7. The average molecular weight is 334 g/mol. The van der Waals surface area contributed by atoms with Crippen molar-refractivity contribution in [2.45, 2.75) is 12.5 Å². The lowest BCUT2D eigenvalue weighted by Gasteiger charge is -2.16. The number of nitrogens with one attached hydrogen (secondary N) is 1. The van der Waals surface area contributed by atoms with Gasteiger partial charge in [0.2, 0.25) is 0 Å². The first-order chi connectivity index (χ1) is 8.95. The van der Waals surface area contributed by atoms with E-state index in [1.165, 1.54) is 13.2 Å². The van der Waals surface area contributed by atoms with Gasteiger partial charge in [-0.25, -0.2) is 4.39 Å². The van der Waals surface area contributed by atoms with Crippen LogP contribution in [0.5, 0.6) is 11.5 Å². The molecular weight excluding hydrogens is 321 g/mol. The van der Waals surface area contributed by atoms with E-state index in [0.29, 0.717) is 18.5 Å². The molecule has 3 N–H and O–H groups in total. The molecule has 104 valence electrons. The molecule has 1 aromatic rings. The van der Waals surface area contributed by atoms with Crippen LogP contribution in [0.3, 0.4) is 0 Å². The number of aliphatic carboxylic acids is 1. The molecule has 1 heterocycles. The monoisotopic (exact) mass is 333 g/mol. The lowest BCUT2D eigenvalue weighted by Crippen LogP contribution is -2.17. The number of aromatic hydroxyl groups is 1. The third-order valence-electron chi connectivity index (χ3n) is 3.24. The van der Waals surface area contributed by atoms with Gasteiger partial charge in [0.25, 0.3) is 0 Å². The molecule has 1 saturated heterocycles. The SMILES string of the molecule is COc1c(O)c(C2CC(C(=O)O)CN2)cc(Br)c1F. The molecule has 0 amide bonds. The normalized spacial score (nSPS) is 22.5. The number of carboxylic acids is 1. The Morgan fingerprint density at radius 2 is 2.32 bits per heavy atom. The van der Waals surface area contributed by atoms with E-state index in [1.54, 1.807) is 0 Å². The minimum atomic E-state index is -0.886. The Morgan fingerprint density at radius 3 is 2.84 bits per heavy atom. The van der Waals surface area contributed by atoms with Crippen molar-refractivity contribution in [3.8, 4) is 11.5 Å². The second kappa shape index (κ2) is 5.34. The molecule has 1 fully saturated rings. The number of benzene rings is 1. The molecule has 0 spiro atoms. The van der Waals surface area contributed by atoms with E-state index in [-0.39, 0.29) is 22.0 Å². The van der Waals surface area contributed by atoms with E-state index in [2.05, 4.69) is 21.2 Å². The van der Waals surface area contributed by atoms with Gasteiger partial charge in [-0.05, 0) is 28.4 Å². The van der Waals surface area contributed by atoms with Crippen LogP contribution in [-0.2, 0) is 4.79 Å². The van der Waals surface area contributed by atoms with Crippen LogP contribution < -0.4 is 10.1 Å². The summed E-state index contributed by atoms with van der Waals surface area (Å²) in [5.74, 6) is -2.63. The number of carboxylic acid groups (broad SMARTS) is 1. The van der Waals surface area contributed by atoms with Gasteiger partial charge in [-0.3, -0.25) is 4.79 Å². The fourth-order valence-corrected chi connectivity index (χ4v) is 2.65. The summed E-state index contributed by atoms with van der Waals surface area (Å²) in [6, 6.07) is 1.10. The Kier molecular flexibility index (Phi) is 3.96. The third kappa shape index (κ3) is 2.52. The molecule has 0 saturated carbocycles. The van der Waals surface area contributed by atoms with E-state index in [0.717, 1.165) is 0 Å². The summed E-state index contributed by atoms with van der Waals surface area (Å²) in [5.41, 5.74) is 0.425. The van der Waals surface area contributed by atoms with Crippen LogP contribution in [-0.4, -0.2) is 29.8 Å². The number of hydrogen-bond acceptors (Lipinski definition) is 4. The molecule has 1 aliphatic heterocycles. The highest BCUT2D eigenvalue weighted by Crippen LogP contribution is 2.42. The predicted molar refractivity (Wildman–Crippen MR) is 68.8 cm³/mol. The fraction of sp³-hybridized carbons (Fsp3) is 0.417. The fourth-order valence-electron chi connectivity index (χ4n) is 2.22. The van der Waals surface area contributed by atoms with Gasteiger partial charge in [-0.15, -0.1) is 0 Å². The van der Waals surface area contributed by atoms with E-state index < -0.39 is 17.7 Å². The summed E-state index contributed by atoms with van der Waals surface area (Å²) in [5, 5.41) is 22.0. The van der Waals surface area contributed by atoms with Crippen molar-refractivity contribution in [2.75, 3.05) is 13.7 Å². The average Bonchev–Trinajstić information content (AvgIpc) is 2.84. The molecule has 1 aliphatic rings. The lowest BCUT2D eigenvalue weighted by molar-refractivity contribution is -0.141. The van der Waals surface area contributed by atoms with E-state index >= 15 is 0 Å².